The van der Waals surface area contributed by atoms with Crippen molar-refractivity contribution in [2.75, 3.05) is 11.9 Å². The second kappa shape index (κ2) is 9.54. The van der Waals surface area contributed by atoms with Crippen LogP contribution in [0.15, 0.2) is 54.6 Å². The molecule has 8 heteroatoms. The first kappa shape index (κ1) is 22.7. The summed E-state index contributed by atoms with van der Waals surface area (Å²) in [5.74, 6) is -0.868. The molecule has 0 aliphatic heterocycles. The Hall–Kier alpha value is -3.52. The van der Waals surface area contributed by atoms with E-state index in [9.17, 15) is 14.0 Å². The summed E-state index contributed by atoms with van der Waals surface area (Å²) in [6, 6.07) is 15.3. The van der Waals surface area contributed by atoms with E-state index in [0.717, 1.165) is 22.3 Å². The van der Waals surface area contributed by atoms with E-state index < -0.39 is 11.9 Å². The van der Waals surface area contributed by atoms with Crippen molar-refractivity contribution >= 4 is 39.1 Å². The van der Waals surface area contributed by atoms with Crippen LogP contribution in [0.5, 0.6) is 0 Å². The van der Waals surface area contributed by atoms with Crippen LogP contribution >= 0.6 is 11.3 Å². The lowest BCUT2D eigenvalue weighted by molar-refractivity contribution is -0.119. The number of hydrogen-bond acceptors (Lipinski definition) is 5. The van der Waals surface area contributed by atoms with Gasteiger partial charge in [0.2, 0.25) is 0 Å². The number of amides is 1. The quantitative estimate of drug-likeness (QED) is 0.348. The van der Waals surface area contributed by atoms with Gasteiger partial charge < -0.3 is 10.1 Å². The Morgan fingerprint density at radius 2 is 1.85 bits per heavy atom. The second-order valence-corrected chi connectivity index (χ2v) is 8.89. The fourth-order valence-electron chi connectivity index (χ4n) is 3.44. The van der Waals surface area contributed by atoms with E-state index in [2.05, 4.69) is 24.3 Å². The van der Waals surface area contributed by atoms with Crippen LogP contribution in [0.3, 0.4) is 0 Å². The number of nitrogens with zero attached hydrogens (tertiary/aromatic N) is 2. The van der Waals surface area contributed by atoms with E-state index in [1.165, 1.54) is 29.0 Å². The van der Waals surface area contributed by atoms with Gasteiger partial charge in [-0.15, -0.1) is 11.3 Å². The minimum Gasteiger partial charge on any atom is -0.451 e. The number of thiophene rings is 1. The Morgan fingerprint density at radius 3 is 2.52 bits per heavy atom. The highest BCUT2D eigenvalue weighted by Gasteiger charge is 2.19. The summed E-state index contributed by atoms with van der Waals surface area (Å²) in [5, 5.41) is 8.03. The lowest BCUT2D eigenvalue weighted by atomic mass is 9.99. The third-order valence-corrected chi connectivity index (χ3v) is 6.62. The highest BCUT2D eigenvalue weighted by molar-refractivity contribution is 7.20. The van der Waals surface area contributed by atoms with Crippen molar-refractivity contribution < 1.29 is 18.7 Å². The summed E-state index contributed by atoms with van der Waals surface area (Å²) in [6.45, 7) is 5.73. The Bertz CT molecular complexity index is 1290. The number of benzene rings is 2. The third kappa shape index (κ3) is 4.96. The van der Waals surface area contributed by atoms with Crippen LogP contribution in [-0.4, -0.2) is 28.3 Å². The zero-order valence-electron chi connectivity index (χ0n) is 18.6. The molecule has 1 atom stereocenters. The molecule has 6 nitrogen and oxygen atoms in total. The molecule has 1 N–H and O–H groups in total. The first-order valence-corrected chi connectivity index (χ1v) is 11.5. The average Bonchev–Trinajstić information content (AvgIpc) is 3.39. The molecule has 4 aromatic rings. The van der Waals surface area contributed by atoms with Crippen LogP contribution in [0.25, 0.3) is 15.9 Å². The van der Waals surface area contributed by atoms with Gasteiger partial charge in [0, 0.05) is 11.1 Å². The zero-order valence-corrected chi connectivity index (χ0v) is 19.4. The molecule has 4 rings (SSSR count). The molecule has 2 aromatic carbocycles. The molecule has 0 spiro atoms. The zero-order chi connectivity index (χ0) is 23.5. The Morgan fingerprint density at radius 1 is 1.15 bits per heavy atom. The molecule has 1 amide bonds. The molecule has 0 saturated heterocycles. The van der Waals surface area contributed by atoms with Crippen molar-refractivity contribution in [1.29, 1.82) is 0 Å². The lowest BCUT2D eigenvalue weighted by Gasteiger charge is -2.10. The van der Waals surface area contributed by atoms with Gasteiger partial charge in [-0.05, 0) is 67.3 Å². The number of esters is 1. The van der Waals surface area contributed by atoms with Crippen molar-refractivity contribution in [3.05, 3.63) is 76.5 Å². The molecular formula is C25H24FN3O3S. The number of carbonyl (C=O) groups excluding carboxylic acids is 2. The van der Waals surface area contributed by atoms with Gasteiger partial charge in [0.1, 0.15) is 15.5 Å². The van der Waals surface area contributed by atoms with Gasteiger partial charge in [-0.1, -0.05) is 26.0 Å². The monoisotopic (exact) mass is 465 g/mol. The molecular weight excluding hydrogens is 441 g/mol. The van der Waals surface area contributed by atoms with Crippen molar-refractivity contribution in [3.8, 4) is 5.69 Å². The predicted octanol–water partition coefficient (Wildman–Crippen LogP) is 5.84. The Balaban J connectivity index is 1.41. The number of rotatable bonds is 7. The van der Waals surface area contributed by atoms with Crippen molar-refractivity contribution in [2.45, 2.75) is 33.1 Å². The molecule has 0 fully saturated rings. The van der Waals surface area contributed by atoms with Crippen molar-refractivity contribution in [3.63, 3.8) is 0 Å². The molecule has 1 unspecified atom stereocenters. The summed E-state index contributed by atoms with van der Waals surface area (Å²) < 4.78 is 20.2. The molecule has 170 valence electrons. The van der Waals surface area contributed by atoms with Crippen LogP contribution in [0.1, 0.15) is 47.1 Å². The fourth-order valence-corrected chi connectivity index (χ4v) is 4.51. The number of hydrogen-bond donors (Lipinski definition) is 1. The van der Waals surface area contributed by atoms with E-state index in [0.29, 0.717) is 22.2 Å². The molecule has 0 radical (unpaired) electrons. The number of halogens is 1. The molecule has 0 saturated carbocycles. The van der Waals surface area contributed by atoms with E-state index in [4.69, 9.17) is 4.74 Å². The molecule has 33 heavy (non-hydrogen) atoms. The van der Waals surface area contributed by atoms with Gasteiger partial charge in [0.05, 0.1) is 11.4 Å². The Labute approximate surface area is 195 Å². The first-order valence-electron chi connectivity index (χ1n) is 10.7. The summed E-state index contributed by atoms with van der Waals surface area (Å²) >= 11 is 1.21. The normalized spacial score (nSPS) is 12.0. The van der Waals surface area contributed by atoms with Crippen molar-refractivity contribution in [2.24, 2.45) is 0 Å². The summed E-state index contributed by atoms with van der Waals surface area (Å²) in [5.41, 5.74) is 3.29. The largest absolute Gasteiger partial charge is 0.451 e. The summed E-state index contributed by atoms with van der Waals surface area (Å²) in [7, 11) is 0. The highest BCUT2D eigenvalue weighted by Crippen LogP contribution is 2.31. The van der Waals surface area contributed by atoms with E-state index in [1.807, 2.05) is 31.2 Å². The lowest BCUT2D eigenvalue weighted by Crippen LogP contribution is -2.20. The summed E-state index contributed by atoms with van der Waals surface area (Å²) in [6.07, 6.45) is 1.04. The van der Waals surface area contributed by atoms with Crippen LogP contribution in [0.2, 0.25) is 0 Å². The molecule has 2 heterocycles. The number of ether oxygens (including phenoxy) is 1. The Kier molecular flexibility index (Phi) is 6.55. The number of nitrogens with one attached hydrogen (secondary N) is 1. The topological polar surface area (TPSA) is 73.2 Å². The van der Waals surface area contributed by atoms with Crippen LogP contribution in [0, 0.1) is 12.7 Å². The van der Waals surface area contributed by atoms with Gasteiger partial charge in [-0.25, -0.2) is 13.9 Å². The number of aromatic nitrogens is 2. The number of carbonyl (C=O) groups is 2. The second-order valence-electron chi connectivity index (χ2n) is 7.86. The third-order valence-electron chi connectivity index (χ3n) is 5.53. The van der Waals surface area contributed by atoms with Gasteiger partial charge in [-0.2, -0.15) is 5.10 Å². The van der Waals surface area contributed by atoms with Crippen LogP contribution < -0.4 is 5.32 Å². The van der Waals surface area contributed by atoms with Gasteiger partial charge in [0.15, 0.2) is 6.61 Å². The predicted molar refractivity (Wildman–Crippen MR) is 128 cm³/mol. The van der Waals surface area contributed by atoms with E-state index in [1.54, 1.807) is 22.9 Å². The smallest absolute Gasteiger partial charge is 0.348 e. The number of aryl methyl sites for hydroxylation is 1. The molecule has 0 bridgehead atoms. The summed E-state index contributed by atoms with van der Waals surface area (Å²) in [4.78, 5) is 25.9. The first-order chi connectivity index (χ1) is 15.9. The maximum atomic E-state index is 13.3. The molecule has 2 aromatic heterocycles. The molecule has 0 aliphatic rings. The van der Waals surface area contributed by atoms with Crippen LogP contribution in [0.4, 0.5) is 10.1 Å². The maximum Gasteiger partial charge on any atom is 0.348 e. The fraction of sp³-hybridized carbons (Fsp3) is 0.240. The highest BCUT2D eigenvalue weighted by atomic mass is 32.1. The number of fused-ring (bicyclic) bond motifs is 1. The van der Waals surface area contributed by atoms with E-state index >= 15 is 0 Å². The van der Waals surface area contributed by atoms with Gasteiger partial charge >= 0.3 is 5.97 Å². The average molecular weight is 466 g/mol. The maximum absolute atomic E-state index is 13.3. The minimum absolute atomic E-state index is 0.334. The van der Waals surface area contributed by atoms with Gasteiger partial charge in [-0.3, -0.25) is 4.79 Å². The van der Waals surface area contributed by atoms with Crippen molar-refractivity contribution in [1.82, 2.24) is 9.78 Å². The standard InChI is InChI=1S/C25H24FN3O3S/c1-4-15(2)17-5-9-19(10-6-17)27-23(30)14-32-25(31)22-13-21-16(3)28-29(24(21)33-22)20-11-7-18(26)8-12-20/h5-13,15H,4,14H2,1-3H3,(H,27,30). The molecule has 0 aliphatic carbocycles. The van der Waals surface area contributed by atoms with E-state index in [-0.39, 0.29) is 12.4 Å². The van der Waals surface area contributed by atoms with Crippen LogP contribution in [-0.2, 0) is 9.53 Å². The van der Waals surface area contributed by atoms with Gasteiger partial charge in [0.25, 0.3) is 5.91 Å². The SMILES string of the molecule is CCC(C)c1ccc(NC(=O)COC(=O)c2cc3c(C)nn(-c4ccc(F)cc4)c3s2)cc1. The minimum atomic E-state index is -0.580. The number of anilines is 1.